The highest BCUT2D eigenvalue weighted by Crippen LogP contribution is 2.57. The molecular weight excluding hydrogens is 228 g/mol. The zero-order valence-electron chi connectivity index (χ0n) is 9.12. The van der Waals surface area contributed by atoms with Crippen molar-refractivity contribution in [3.05, 3.63) is 0 Å². The highest BCUT2D eigenvalue weighted by Gasteiger charge is 2.47. The average molecular weight is 246 g/mol. The molecule has 4 heteroatoms. The van der Waals surface area contributed by atoms with Crippen molar-refractivity contribution in [1.82, 2.24) is 0 Å². The third-order valence-corrected chi connectivity index (χ3v) is 7.56. The molecule has 15 heavy (non-hydrogen) atoms. The normalized spacial score (nSPS) is 28.1. The first-order valence-corrected chi connectivity index (χ1v) is 7.61. The number of carbonyl (C=O) groups is 1. The van der Waals surface area contributed by atoms with E-state index in [9.17, 15) is 9.90 Å². The van der Waals surface area contributed by atoms with E-state index in [0.29, 0.717) is 4.08 Å². The van der Waals surface area contributed by atoms with Gasteiger partial charge in [-0.3, -0.25) is 4.79 Å². The summed E-state index contributed by atoms with van der Waals surface area (Å²) in [4.78, 5) is 11.3. The summed E-state index contributed by atoms with van der Waals surface area (Å²) in [6, 6.07) is 0. The van der Waals surface area contributed by atoms with E-state index in [1.54, 1.807) is 0 Å². The third kappa shape index (κ3) is 2.03. The molecule has 0 unspecified atom stereocenters. The van der Waals surface area contributed by atoms with Crippen molar-refractivity contribution in [1.29, 1.82) is 0 Å². The first-order valence-electron chi connectivity index (χ1n) is 5.64. The van der Waals surface area contributed by atoms with Crippen LogP contribution in [0.25, 0.3) is 0 Å². The van der Waals surface area contributed by atoms with E-state index in [4.69, 9.17) is 0 Å². The van der Waals surface area contributed by atoms with Crippen LogP contribution >= 0.6 is 23.5 Å². The van der Waals surface area contributed by atoms with Crippen LogP contribution in [0.3, 0.4) is 0 Å². The molecule has 1 spiro atoms. The Balaban J connectivity index is 2.04. The molecule has 1 aliphatic carbocycles. The van der Waals surface area contributed by atoms with Gasteiger partial charge in [0.2, 0.25) is 0 Å². The molecule has 2 nitrogen and oxygen atoms in total. The lowest BCUT2D eigenvalue weighted by atomic mass is 9.72. The molecule has 2 aliphatic rings. The summed E-state index contributed by atoms with van der Waals surface area (Å²) in [6.45, 7) is 2.01. The van der Waals surface area contributed by atoms with Crippen LogP contribution in [0.2, 0.25) is 0 Å². The second-order valence-electron chi connectivity index (χ2n) is 4.55. The maximum absolute atomic E-state index is 11.3. The number of thioether (sulfide) groups is 2. The Morgan fingerprint density at radius 3 is 2.13 bits per heavy atom. The molecule has 0 aromatic rings. The van der Waals surface area contributed by atoms with Gasteiger partial charge in [0, 0.05) is 11.5 Å². The average Bonchev–Trinajstić information content (AvgIpc) is 2.68. The fraction of sp³-hybridized carbons (Fsp3) is 0.909. The number of hydrogen-bond donors (Lipinski definition) is 1. The second kappa shape index (κ2) is 4.21. The summed E-state index contributed by atoms with van der Waals surface area (Å²) in [5, 5.41) is 9.31. The molecule has 1 aliphatic heterocycles. The number of carboxylic acids is 1. The maximum atomic E-state index is 11.3. The van der Waals surface area contributed by atoms with Crippen LogP contribution in [0.4, 0.5) is 0 Å². The molecule has 1 heterocycles. The minimum Gasteiger partial charge on any atom is -0.481 e. The van der Waals surface area contributed by atoms with Crippen molar-refractivity contribution < 1.29 is 9.90 Å². The number of rotatable bonds is 2. The van der Waals surface area contributed by atoms with Crippen molar-refractivity contribution in [2.45, 2.75) is 43.1 Å². The Morgan fingerprint density at radius 2 is 1.73 bits per heavy atom. The zero-order chi connectivity index (χ0) is 10.9. The Hall–Kier alpha value is 0.170. The molecule has 0 amide bonds. The fourth-order valence-corrected chi connectivity index (χ4v) is 5.84. The molecule has 1 saturated heterocycles. The van der Waals surface area contributed by atoms with E-state index in [-0.39, 0.29) is 0 Å². The van der Waals surface area contributed by atoms with E-state index in [0.717, 1.165) is 32.1 Å². The number of carboxylic acid groups (broad SMARTS) is 1. The van der Waals surface area contributed by atoms with Gasteiger partial charge < -0.3 is 5.11 Å². The Bertz CT molecular complexity index is 249. The SMILES string of the molecule is CCC1(C(=O)O)CCC2(CC1)SCCS2. The van der Waals surface area contributed by atoms with Gasteiger partial charge in [0.05, 0.1) is 9.49 Å². The molecule has 86 valence electrons. The predicted octanol–water partition coefficient (Wildman–Crippen LogP) is 3.22. The Kier molecular flexibility index (Phi) is 3.27. The molecule has 0 atom stereocenters. The Morgan fingerprint density at radius 1 is 1.20 bits per heavy atom. The molecular formula is C11H18O2S2. The predicted molar refractivity (Wildman–Crippen MR) is 66.5 cm³/mol. The maximum Gasteiger partial charge on any atom is 0.309 e. The fourth-order valence-electron chi connectivity index (χ4n) is 2.61. The minimum absolute atomic E-state index is 0.383. The van der Waals surface area contributed by atoms with Gasteiger partial charge >= 0.3 is 5.97 Å². The van der Waals surface area contributed by atoms with Gasteiger partial charge in [-0.1, -0.05) is 6.92 Å². The van der Waals surface area contributed by atoms with E-state index in [1.807, 2.05) is 6.92 Å². The first kappa shape index (κ1) is 11.6. The molecule has 1 N–H and O–H groups in total. The number of hydrogen-bond acceptors (Lipinski definition) is 3. The molecule has 0 radical (unpaired) electrons. The first-order chi connectivity index (χ1) is 7.13. The largest absolute Gasteiger partial charge is 0.481 e. The van der Waals surface area contributed by atoms with Crippen molar-refractivity contribution in [2.75, 3.05) is 11.5 Å². The van der Waals surface area contributed by atoms with Gasteiger partial charge in [0.1, 0.15) is 0 Å². The summed E-state index contributed by atoms with van der Waals surface area (Å²) in [5.41, 5.74) is -0.408. The van der Waals surface area contributed by atoms with Gasteiger partial charge in [0.15, 0.2) is 0 Å². The van der Waals surface area contributed by atoms with E-state index in [1.165, 1.54) is 11.5 Å². The molecule has 0 bridgehead atoms. The molecule has 1 saturated carbocycles. The van der Waals surface area contributed by atoms with Crippen LogP contribution in [-0.4, -0.2) is 26.7 Å². The topological polar surface area (TPSA) is 37.3 Å². The lowest BCUT2D eigenvalue weighted by molar-refractivity contribution is -0.151. The zero-order valence-corrected chi connectivity index (χ0v) is 10.8. The van der Waals surface area contributed by atoms with Crippen LogP contribution in [0.15, 0.2) is 0 Å². The van der Waals surface area contributed by atoms with Gasteiger partial charge in [-0.05, 0) is 32.1 Å². The lowest BCUT2D eigenvalue weighted by Gasteiger charge is -2.41. The van der Waals surface area contributed by atoms with Crippen LogP contribution in [0, 0.1) is 5.41 Å². The van der Waals surface area contributed by atoms with Crippen LogP contribution in [0.5, 0.6) is 0 Å². The van der Waals surface area contributed by atoms with Gasteiger partial charge in [0.25, 0.3) is 0 Å². The highest BCUT2D eigenvalue weighted by molar-refractivity contribution is 8.21. The van der Waals surface area contributed by atoms with Crippen molar-refractivity contribution in [3.63, 3.8) is 0 Å². The van der Waals surface area contributed by atoms with Crippen molar-refractivity contribution in [3.8, 4) is 0 Å². The quantitative estimate of drug-likeness (QED) is 0.812. The smallest absolute Gasteiger partial charge is 0.309 e. The minimum atomic E-state index is -0.576. The highest BCUT2D eigenvalue weighted by atomic mass is 32.2. The summed E-state index contributed by atoms with van der Waals surface area (Å²) < 4.78 is 0.383. The summed E-state index contributed by atoms with van der Waals surface area (Å²) in [6.07, 6.45) is 4.70. The molecule has 0 aromatic heterocycles. The van der Waals surface area contributed by atoms with Crippen LogP contribution < -0.4 is 0 Å². The van der Waals surface area contributed by atoms with Gasteiger partial charge in [-0.2, -0.15) is 0 Å². The van der Waals surface area contributed by atoms with Crippen molar-refractivity contribution in [2.24, 2.45) is 5.41 Å². The van der Waals surface area contributed by atoms with Gasteiger partial charge in [-0.25, -0.2) is 0 Å². The molecule has 2 fully saturated rings. The standard InChI is InChI=1S/C11H18O2S2/c1-2-10(9(12)13)3-5-11(6-4-10)14-7-8-15-11/h2-8H2,1H3,(H,12,13). The van der Waals surface area contributed by atoms with E-state index in [2.05, 4.69) is 23.5 Å². The summed E-state index contributed by atoms with van der Waals surface area (Å²) in [5.74, 6) is 1.92. The number of aliphatic carboxylic acids is 1. The Labute approximate surface area is 99.6 Å². The summed E-state index contributed by atoms with van der Waals surface area (Å²) in [7, 11) is 0. The summed E-state index contributed by atoms with van der Waals surface area (Å²) >= 11 is 4.12. The van der Waals surface area contributed by atoms with Crippen molar-refractivity contribution >= 4 is 29.5 Å². The van der Waals surface area contributed by atoms with Crippen LogP contribution in [-0.2, 0) is 4.79 Å². The van der Waals surface area contributed by atoms with E-state index >= 15 is 0 Å². The third-order valence-electron chi connectivity index (χ3n) is 3.91. The molecule has 0 aromatic carbocycles. The lowest BCUT2D eigenvalue weighted by Crippen LogP contribution is -2.38. The van der Waals surface area contributed by atoms with E-state index < -0.39 is 11.4 Å². The van der Waals surface area contributed by atoms with Gasteiger partial charge in [-0.15, -0.1) is 23.5 Å². The second-order valence-corrected chi connectivity index (χ2v) is 7.76. The molecule has 2 rings (SSSR count). The van der Waals surface area contributed by atoms with Crippen LogP contribution in [0.1, 0.15) is 39.0 Å². The monoisotopic (exact) mass is 246 g/mol.